The van der Waals surface area contributed by atoms with Gasteiger partial charge in [0.15, 0.2) is 0 Å². The lowest BCUT2D eigenvalue weighted by molar-refractivity contribution is -0.130. The molecule has 5 heteroatoms. The van der Waals surface area contributed by atoms with Crippen molar-refractivity contribution in [2.24, 2.45) is 0 Å². The fourth-order valence-electron chi connectivity index (χ4n) is 2.46. The highest BCUT2D eigenvalue weighted by Crippen LogP contribution is 2.25. The number of halogens is 1. The Kier molecular flexibility index (Phi) is 6.18. The van der Waals surface area contributed by atoms with Crippen LogP contribution >= 0.6 is 0 Å². The number of carbonyl (C=O) groups excluding carboxylic acids is 1. The van der Waals surface area contributed by atoms with E-state index in [9.17, 15) is 9.18 Å². The zero-order valence-electron chi connectivity index (χ0n) is 14.2. The minimum absolute atomic E-state index is 0.0178. The number of aryl methyl sites for hydroxylation is 1. The van der Waals surface area contributed by atoms with Gasteiger partial charge in [-0.1, -0.05) is 12.1 Å². The zero-order valence-corrected chi connectivity index (χ0v) is 14.2. The smallest absolute Gasteiger partial charge is 0.222 e. The van der Waals surface area contributed by atoms with E-state index in [4.69, 9.17) is 9.47 Å². The molecular formula is C19H22FNO3. The number of rotatable bonds is 7. The Balaban J connectivity index is 1.95. The van der Waals surface area contributed by atoms with Crippen molar-refractivity contribution in [3.8, 4) is 11.5 Å². The van der Waals surface area contributed by atoms with Crippen LogP contribution in [0.25, 0.3) is 0 Å². The van der Waals surface area contributed by atoms with Gasteiger partial charge in [0.2, 0.25) is 5.91 Å². The Bertz CT molecular complexity index is 686. The van der Waals surface area contributed by atoms with Crippen molar-refractivity contribution in [3.05, 3.63) is 59.4 Å². The summed E-state index contributed by atoms with van der Waals surface area (Å²) in [7, 11) is 4.95. The van der Waals surface area contributed by atoms with E-state index in [0.717, 1.165) is 22.6 Å². The molecule has 0 spiro atoms. The highest BCUT2D eigenvalue weighted by molar-refractivity contribution is 5.76. The summed E-state index contributed by atoms with van der Waals surface area (Å²) >= 11 is 0. The van der Waals surface area contributed by atoms with Crippen molar-refractivity contribution in [2.75, 3.05) is 21.3 Å². The monoisotopic (exact) mass is 331 g/mol. The third-order valence-corrected chi connectivity index (χ3v) is 3.85. The van der Waals surface area contributed by atoms with Gasteiger partial charge in [-0.2, -0.15) is 0 Å². The SMILES string of the molecule is COc1ccc(OC)c(CCC(=O)N(C)Cc2ccc(F)cc2)c1. The molecule has 1 amide bonds. The van der Waals surface area contributed by atoms with Crippen LogP contribution in [-0.2, 0) is 17.8 Å². The Morgan fingerprint density at radius 2 is 1.79 bits per heavy atom. The normalized spacial score (nSPS) is 10.3. The van der Waals surface area contributed by atoms with Crippen LogP contribution in [0.15, 0.2) is 42.5 Å². The molecule has 4 nitrogen and oxygen atoms in total. The van der Waals surface area contributed by atoms with Gasteiger partial charge < -0.3 is 14.4 Å². The van der Waals surface area contributed by atoms with E-state index < -0.39 is 0 Å². The number of methoxy groups -OCH3 is 2. The lowest BCUT2D eigenvalue weighted by Crippen LogP contribution is -2.26. The van der Waals surface area contributed by atoms with Crippen LogP contribution in [-0.4, -0.2) is 32.1 Å². The van der Waals surface area contributed by atoms with Crippen LogP contribution in [0.4, 0.5) is 4.39 Å². The second-order valence-corrected chi connectivity index (χ2v) is 5.55. The topological polar surface area (TPSA) is 38.8 Å². The molecule has 0 bridgehead atoms. The second kappa shape index (κ2) is 8.34. The summed E-state index contributed by atoms with van der Waals surface area (Å²) in [5.74, 6) is 1.21. The van der Waals surface area contributed by atoms with E-state index in [1.165, 1.54) is 12.1 Å². The first-order chi connectivity index (χ1) is 11.5. The molecule has 0 aliphatic heterocycles. The standard InChI is InChI=1S/C19H22FNO3/c1-21(13-14-4-7-16(20)8-5-14)19(22)11-6-15-12-17(23-2)9-10-18(15)24-3/h4-5,7-10,12H,6,11,13H2,1-3H3. The van der Waals surface area contributed by atoms with E-state index in [1.807, 2.05) is 18.2 Å². The molecule has 24 heavy (non-hydrogen) atoms. The van der Waals surface area contributed by atoms with Crippen molar-refractivity contribution >= 4 is 5.91 Å². The van der Waals surface area contributed by atoms with Gasteiger partial charge in [0.25, 0.3) is 0 Å². The molecule has 128 valence electrons. The van der Waals surface area contributed by atoms with Gasteiger partial charge in [0.05, 0.1) is 14.2 Å². The van der Waals surface area contributed by atoms with E-state index >= 15 is 0 Å². The maximum Gasteiger partial charge on any atom is 0.222 e. The first kappa shape index (κ1) is 17.8. The van der Waals surface area contributed by atoms with E-state index in [1.54, 1.807) is 38.3 Å². The molecule has 0 aliphatic rings. The summed E-state index contributed by atoms with van der Waals surface area (Å²) in [6.07, 6.45) is 0.925. The van der Waals surface area contributed by atoms with Crippen molar-refractivity contribution in [1.29, 1.82) is 0 Å². The molecule has 0 fully saturated rings. The number of carbonyl (C=O) groups is 1. The van der Waals surface area contributed by atoms with Crippen LogP contribution in [0, 0.1) is 5.82 Å². The molecule has 0 radical (unpaired) electrons. The Labute approximate surface area is 141 Å². The molecule has 0 saturated heterocycles. The lowest BCUT2D eigenvalue weighted by atomic mass is 10.1. The molecule has 2 aromatic rings. The first-order valence-corrected chi connectivity index (χ1v) is 7.72. The third-order valence-electron chi connectivity index (χ3n) is 3.85. The van der Waals surface area contributed by atoms with Gasteiger partial charge >= 0.3 is 0 Å². The Morgan fingerprint density at radius 3 is 2.42 bits per heavy atom. The number of hydrogen-bond donors (Lipinski definition) is 0. The average molecular weight is 331 g/mol. The molecule has 0 unspecified atom stereocenters. The zero-order chi connectivity index (χ0) is 17.5. The average Bonchev–Trinajstić information content (AvgIpc) is 2.61. The van der Waals surface area contributed by atoms with Crippen LogP contribution < -0.4 is 9.47 Å². The van der Waals surface area contributed by atoms with E-state index in [0.29, 0.717) is 19.4 Å². The summed E-state index contributed by atoms with van der Waals surface area (Å²) in [6.45, 7) is 0.453. The van der Waals surface area contributed by atoms with Gasteiger partial charge in [-0.3, -0.25) is 4.79 Å². The molecule has 0 atom stereocenters. The van der Waals surface area contributed by atoms with Gasteiger partial charge in [-0.15, -0.1) is 0 Å². The van der Waals surface area contributed by atoms with Crippen LogP contribution in [0.2, 0.25) is 0 Å². The van der Waals surface area contributed by atoms with Crippen molar-refractivity contribution < 1.29 is 18.7 Å². The number of ether oxygens (including phenoxy) is 2. The van der Waals surface area contributed by atoms with Crippen LogP contribution in [0.5, 0.6) is 11.5 Å². The van der Waals surface area contributed by atoms with Gasteiger partial charge in [-0.25, -0.2) is 4.39 Å². The third kappa shape index (κ3) is 4.72. The minimum Gasteiger partial charge on any atom is -0.497 e. The molecule has 0 heterocycles. The second-order valence-electron chi connectivity index (χ2n) is 5.55. The largest absolute Gasteiger partial charge is 0.497 e. The minimum atomic E-state index is -0.280. The summed E-state index contributed by atoms with van der Waals surface area (Å²) < 4.78 is 23.5. The predicted molar refractivity (Wildman–Crippen MR) is 90.7 cm³/mol. The van der Waals surface area contributed by atoms with Crippen molar-refractivity contribution in [2.45, 2.75) is 19.4 Å². The molecule has 0 N–H and O–H groups in total. The number of amides is 1. The molecular weight excluding hydrogens is 309 g/mol. The van der Waals surface area contributed by atoms with Gasteiger partial charge in [0, 0.05) is 20.0 Å². The molecule has 0 aliphatic carbocycles. The van der Waals surface area contributed by atoms with Gasteiger partial charge in [-0.05, 0) is 47.9 Å². The van der Waals surface area contributed by atoms with E-state index in [-0.39, 0.29) is 11.7 Å². The Hall–Kier alpha value is -2.56. The van der Waals surface area contributed by atoms with Crippen molar-refractivity contribution in [1.82, 2.24) is 4.90 Å². The fraction of sp³-hybridized carbons (Fsp3) is 0.316. The predicted octanol–water partition coefficient (Wildman–Crippen LogP) is 3.43. The van der Waals surface area contributed by atoms with Crippen molar-refractivity contribution in [3.63, 3.8) is 0 Å². The number of hydrogen-bond acceptors (Lipinski definition) is 3. The summed E-state index contributed by atoms with van der Waals surface area (Å²) in [5, 5.41) is 0. The lowest BCUT2D eigenvalue weighted by Gasteiger charge is -2.18. The first-order valence-electron chi connectivity index (χ1n) is 7.72. The quantitative estimate of drug-likeness (QED) is 0.780. The summed E-state index contributed by atoms with van der Waals surface area (Å²) in [5.41, 5.74) is 1.83. The van der Waals surface area contributed by atoms with Crippen LogP contribution in [0.3, 0.4) is 0 Å². The van der Waals surface area contributed by atoms with Gasteiger partial charge in [0.1, 0.15) is 17.3 Å². The van der Waals surface area contributed by atoms with Crippen LogP contribution in [0.1, 0.15) is 17.5 Å². The summed E-state index contributed by atoms with van der Waals surface area (Å²) in [4.78, 5) is 14.0. The summed E-state index contributed by atoms with van der Waals surface area (Å²) in [6, 6.07) is 11.7. The molecule has 2 rings (SSSR count). The van der Waals surface area contributed by atoms with E-state index in [2.05, 4.69) is 0 Å². The fourth-order valence-corrected chi connectivity index (χ4v) is 2.46. The highest BCUT2D eigenvalue weighted by atomic mass is 19.1. The molecule has 0 aromatic heterocycles. The maximum absolute atomic E-state index is 12.9. The number of nitrogens with zero attached hydrogens (tertiary/aromatic N) is 1. The highest BCUT2D eigenvalue weighted by Gasteiger charge is 2.12. The Morgan fingerprint density at radius 1 is 1.08 bits per heavy atom. The number of benzene rings is 2. The maximum atomic E-state index is 12.9. The molecule has 0 saturated carbocycles. The molecule has 2 aromatic carbocycles.